The van der Waals surface area contributed by atoms with E-state index in [1.807, 2.05) is 19.1 Å². The maximum Gasteiger partial charge on any atom is 0.326 e. The minimum Gasteiger partial charge on any atom is -0.480 e. The van der Waals surface area contributed by atoms with Gasteiger partial charge in [0.15, 0.2) is 0 Å². The minimum absolute atomic E-state index is 0.181. The van der Waals surface area contributed by atoms with Crippen molar-refractivity contribution in [3.05, 3.63) is 24.5 Å². The van der Waals surface area contributed by atoms with Gasteiger partial charge in [-0.2, -0.15) is 0 Å². The van der Waals surface area contributed by atoms with Gasteiger partial charge in [0, 0.05) is 57.3 Å². The van der Waals surface area contributed by atoms with Crippen LogP contribution < -0.4 is 9.62 Å². The third-order valence-electron chi connectivity index (χ3n) is 6.74. The fourth-order valence-electron chi connectivity index (χ4n) is 4.86. The highest BCUT2D eigenvalue weighted by Crippen LogP contribution is 2.37. The minimum atomic E-state index is -4.15. The lowest BCUT2D eigenvalue weighted by Gasteiger charge is -2.42. The van der Waals surface area contributed by atoms with Gasteiger partial charge in [-0.3, -0.25) is 14.7 Å². The summed E-state index contributed by atoms with van der Waals surface area (Å²) >= 11 is 0. The lowest BCUT2D eigenvalue weighted by molar-refractivity contribution is -0.143. The number of hydrogen-bond acceptors (Lipinski definition) is 7. The van der Waals surface area contributed by atoms with Gasteiger partial charge >= 0.3 is 5.97 Å². The number of nitrogens with zero attached hydrogens (tertiary/aromatic N) is 3. The summed E-state index contributed by atoms with van der Waals surface area (Å²) in [6.45, 7) is 6.75. The van der Waals surface area contributed by atoms with Crippen molar-refractivity contribution in [1.29, 1.82) is 0 Å². The Morgan fingerprint density at radius 1 is 1.22 bits per heavy atom. The van der Waals surface area contributed by atoms with Gasteiger partial charge in [0.2, 0.25) is 15.3 Å². The molecule has 1 aliphatic heterocycles. The van der Waals surface area contributed by atoms with Crippen LogP contribution in [0.4, 0.5) is 5.69 Å². The number of carboxylic acids is 1. The summed E-state index contributed by atoms with van der Waals surface area (Å²) in [5.41, 5.74) is -0.559. The molecule has 10 heteroatoms. The Balaban J connectivity index is 1.51. The quantitative estimate of drug-likeness (QED) is 0.439. The van der Waals surface area contributed by atoms with E-state index in [1.54, 1.807) is 12.4 Å². The smallest absolute Gasteiger partial charge is 0.326 e. The van der Waals surface area contributed by atoms with Gasteiger partial charge < -0.3 is 15.1 Å². The molecular formula is C22H36N4O5S. The zero-order valence-corrected chi connectivity index (χ0v) is 19.6. The molecule has 1 unspecified atom stereocenters. The average Bonchev–Trinajstić information content (AvgIpc) is 2.76. The Morgan fingerprint density at radius 3 is 2.41 bits per heavy atom. The van der Waals surface area contributed by atoms with Crippen LogP contribution in [-0.4, -0.2) is 84.6 Å². The van der Waals surface area contributed by atoms with Crippen molar-refractivity contribution < 1.29 is 23.4 Å². The number of rotatable bonds is 10. The van der Waals surface area contributed by atoms with Crippen LogP contribution in [-0.2, 0) is 14.8 Å². The van der Waals surface area contributed by atoms with E-state index in [0.29, 0.717) is 25.2 Å². The number of anilines is 1. The molecule has 0 amide bonds. The lowest BCUT2D eigenvalue weighted by atomic mass is 9.76. The molecule has 1 aromatic heterocycles. The first-order valence-electron chi connectivity index (χ1n) is 11.6. The highest BCUT2D eigenvalue weighted by Gasteiger charge is 2.51. The number of carboxylic acid groups (broad SMARTS) is 1. The number of aromatic nitrogens is 1. The molecule has 1 saturated heterocycles. The van der Waals surface area contributed by atoms with Crippen molar-refractivity contribution in [3.63, 3.8) is 0 Å². The van der Waals surface area contributed by atoms with Crippen LogP contribution in [0.3, 0.4) is 0 Å². The van der Waals surface area contributed by atoms with Crippen LogP contribution in [0, 0.1) is 5.92 Å². The molecular weight excluding hydrogens is 432 g/mol. The Morgan fingerprint density at radius 2 is 1.84 bits per heavy atom. The van der Waals surface area contributed by atoms with Crippen molar-refractivity contribution in [2.45, 2.75) is 56.3 Å². The number of piperazine rings is 1. The summed E-state index contributed by atoms with van der Waals surface area (Å²) < 4.78 is 27.6. The van der Waals surface area contributed by atoms with E-state index in [-0.39, 0.29) is 19.4 Å². The third kappa shape index (κ3) is 6.18. The lowest BCUT2D eigenvalue weighted by Crippen LogP contribution is -2.57. The molecule has 32 heavy (non-hydrogen) atoms. The third-order valence-corrected chi connectivity index (χ3v) is 8.61. The van der Waals surface area contributed by atoms with Crippen molar-refractivity contribution in [1.82, 2.24) is 14.6 Å². The van der Waals surface area contributed by atoms with Crippen LogP contribution in [0.1, 0.15) is 45.4 Å². The fraction of sp³-hybridized carbons (Fsp3) is 0.727. The number of aliphatic hydroxyl groups is 1. The van der Waals surface area contributed by atoms with Crippen LogP contribution in [0.2, 0.25) is 0 Å². The average molecular weight is 469 g/mol. The van der Waals surface area contributed by atoms with E-state index in [0.717, 1.165) is 39.1 Å². The van der Waals surface area contributed by atoms with Crippen LogP contribution in [0.15, 0.2) is 24.5 Å². The molecule has 0 aromatic carbocycles. The summed E-state index contributed by atoms with van der Waals surface area (Å²) in [5.74, 6) is -1.16. The molecule has 3 N–H and O–H groups in total. The van der Waals surface area contributed by atoms with E-state index in [4.69, 9.17) is 0 Å². The molecule has 1 atom stereocenters. The Bertz CT molecular complexity index is 835. The number of unbranched alkanes of at least 4 members (excludes halogenated alkanes) is 1. The molecule has 0 bridgehead atoms. The molecule has 0 radical (unpaired) electrons. The maximum atomic E-state index is 12.6. The molecule has 1 saturated carbocycles. The molecule has 180 valence electrons. The van der Waals surface area contributed by atoms with Gasteiger partial charge in [-0.05, 0) is 50.2 Å². The highest BCUT2D eigenvalue weighted by molar-refractivity contribution is 7.91. The van der Waals surface area contributed by atoms with E-state index in [9.17, 15) is 23.4 Å². The first-order chi connectivity index (χ1) is 15.2. The number of pyridine rings is 1. The van der Waals surface area contributed by atoms with Crippen LogP contribution in [0.25, 0.3) is 0 Å². The standard InChI is InChI=1S/C22H36N4O5S/c1-2-3-10-24-32(30,31)20(21(27)28)22(29)8-4-18(5-9-22)17-25-13-15-26(16-14-25)19-6-11-23-12-7-19/h6-7,11-12,18,20,24,29H,2-5,8-10,13-17H2,1H3,(H,27,28). The largest absolute Gasteiger partial charge is 0.480 e. The van der Waals surface area contributed by atoms with Gasteiger partial charge in [-0.15, -0.1) is 0 Å². The SMILES string of the molecule is CCCCNS(=O)(=O)C(C(=O)O)C1(O)CCC(CN2CCN(c3ccncc3)CC2)CC1. The summed E-state index contributed by atoms with van der Waals surface area (Å²) in [7, 11) is -4.15. The maximum absolute atomic E-state index is 12.6. The topological polar surface area (TPSA) is 123 Å². The Labute approximate surface area is 190 Å². The zero-order valence-electron chi connectivity index (χ0n) is 18.8. The molecule has 3 rings (SSSR count). The van der Waals surface area contributed by atoms with Gasteiger partial charge in [-0.25, -0.2) is 13.1 Å². The summed E-state index contributed by atoms with van der Waals surface area (Å²) in [6.07, 6.45) is 6.62. The first kappa shape index (κ1) is 24.9. The molecule has 9 nitrogen and oxygen atoms in total. The molecule has 0 spiro atoms. The van der Waals surface area contributed by atoms with E-state index >= 15 is 0 Å². The number of sulfonamides is 1. The summed E-state index contributed by atoms with van der Waals surface area (Å²) in [4.78, 5) is 20.6. The second-order valence-corrected chi connectivity index (χ2v) is 10.9. The summed E-state index contributed by atoms with van der Waals surface area (Å²) in [5, 5.41) is 18.8. The molecule has 2 heterocycles. The first-order valence-corrected chi connectivity index (χ1v) is 13.1. The van der Waals surface area contributed by atoms with Crippen molar-refractivity contribution in [2.75, 3.05) is 44.2 Å². The number of aliphatic carboxylic acids is 1. The Kier molecular flexibility index (Phi) is 8.49. The van der Waals surface area contributed by atoms with Crippen molar-refractivity contribution in [3.8, 4) is 0 Å². The molecule has 2 fully saturated rings. The highest BCUT2D eigenvalue weighted by atomic mass is 32.2. The zero-order chi connectivity index (χ0) is 23.2. The number of carbonyl (C=O) groups is 1. The number of nitrogens with one attached hydrogen (secondary N) is 1. The van der Waals surface area contributed by atoms with Crippen molar-refractivity contribution in [2.24, 2.45) is 5.92 Å². The normalized spacial score (nSPS) is 26.1. The summed E-state index contributed by atoms with van der Waals surface area (Å²) in [6, 6.07) is 4.03. The van der Waals surface area contributed by atoms with Gasteiger partial charge in [0.25, 0.3) is 0 Å². The van der Waals surface area contributed by atoms with Crippen LogP contribution >= 0.6 is 0 Å². The predicted molar refractivity (Wildman–Crippen MR) is 123 cm³/mol. The van der Waals surface area contributed by atoms with E-state index in [1.165, 1.54) is 5.69 Å². The second-order valence-electron chi connectivity index (χ2n) is 9.05. The van der Waals surface area contributed by atoms with Gasteiger partial charge in [0.1, 0.15) is 0 Å². The van der Waals surface area contributed by atoms with Crippen molar-refractivity contribution >= 4 is 21.7 Å². The molecule has 1 aromatic rings. The second kappa shape index (κ2) is 10.9. The van der Waals surface area contributed by atoms with Gasteiger partial charge in [0.05, 0.1) is 5.60 Å². The molecule has 2 aliphatic rings. The molecule has 1 aliphatic carbocycles. The number of hydrogen-bond donors (Lipinski definition) is 3. The van der Waals surface area contributed by atoms with Crippen LogP contribution in [0.5, 0.6) is 0 Å². The Hall–Kier alpha value is -1.75. The predicted octanol–water partition coefficient (Wildman–Crippen LogP) is 1.30. The van der Waals surface area contributed by atoms with Gasteiger partial charge in [-0.1, -0.05) is 13.3 Å². The van der Waals surface area contributed by atoms with E-state index < -0.39 is 26.8 Å². The van der Waals surface area contributed by atoms with E-state index in [2.05, 4.69) is 19.5 Å². The fourth-order valence-corrected chi connectivity index (χ4v) is 6.53. The monoisotopic (exact) mass is 468 g/mol.